The van der Waals surface area contributed by atoms with Gasteiger partial charge >= 0.3 is 0 Å². The van der Waals surface area contributed by atoms with E-state index >= 15 is 0 Å². The lowest BCUT2D eigenvalue weighted by Crippen LogP contribution is -2.35. The van der Waals surface area contributed by atoms with Crippen LogP contribution in [0.4, 0.5) is 5.69 Å². The van der Waals surface area contributed by atoms with Crippen molar-refractivity contribution in [2.24, 2.45) is 5.41 Å². The van der Waals surface area contributed by atoms with Gasteiger partial charge in [-0.2, -0.15) is 0 Å². The third kappa shape index (κ3) is 3.36. The number of nitrogens with one attached hydrogen (secondary N) is 1. The van der Waals surface area contributed by atoms with E-state index in [2.05, 4.69) is 5.32 Å². The van der Waals surface area contributed by atoms with Gasteiger partial charge in [-0.1, -0.05) is 30.9 Å². The highest BCUT2D eigenvalue weighted by molar-refractivity contribution is 6.30. The molecule has 0 spiro atoms. The first-order valence-corrected chi connectivity index (χ1v) is 6.72. The van der Waals surface area contributed by atoms with Gasteiger partial charge in [0.2, 0.25) is 0 Å². The summed E-state index contributed by atoms with van der Waals surface area (Å²) in [6.45, 7) is 1.14. The zero-order valence-electron chi connectivity index (χ0n) is 10.1. The highest BCUT2D eigenvalue weighted by Crippen LogP contribution is 2.36. The highest BCUT2D eigenvalue weighted by Gasteiger charge is 2.30. The Morgan fingerprint density at radius 1 is 1.12 bits per heavy atom. The number of aliphatic hydroxyl groups is 1. The van der Waals surface area contributed by atoms with Crippen LogP contribution < -0.4 is 5.32 Å². The van der Waals surface area contributed by atoms with E-state index < -0.39 is 0 Å². The number of hydrogen-bond donors (Lipinski definition) is 2. The SMILES string of the molecule is OCC1(CNc2ccc(Cl)cc2)CCCCC1. The van der Waals surface area contributed by atoms with Crippen LogP contribution in [0.5, 0.6) is 0 Å². The summed E-state index contributed by atoms with van der Waals surface area (Å²) >= 11 is 5.85. The standard InChI is InChI=1S/C14H20ClNO/c15-12-4-6-13(7-5-12)16-10-14(11-17)8-2-1-3-9-14/h4-7,16-17H,1-3,8-11H2. The van der Waals surface area contributed by atoms with Gasteiger partial charge in [-0.25, -0.2) is 0 Å². The van der Waals surface area contributed by atoms with Crippen molar-refractivity contribution in [2.75, 3.05) is 18.5 Å². The molecule has 1 aromatic carbocycles. The molecule has 2 rings (SSSR count). The lowest BCUT2D eigenvalue weighted by atomic mass is 9.74. The third-order valence-electron chi connectivity index (χ3n) is 3.76. The molecular weight excluding hydrogens is 234 g/mol. The average molecular weight is 254 g/mol. The van der Waals surface area contributed by atoms with Gasteiger partial charge < -0.3 is 10.4 Å². The summed E-state index contributed by atoms with van der Waals surface area (Å²) in [4.78, 5) is 0. The van der Waals surface area contributed by atoms with E-state index in [1.807, 2.05) is 24.3 Å². The maximum atomic E-state index is 9.60. The van der Waals surface area contributed by atoms with Crippen molar-refractivity contribution in [3.8, 4) is 0 Å². The summed E-state index contributed by atoms with van der Waals surface area (Å²) in [7, 11) is 0. The lowest BCUT2D eigenvalue weighted by Gasteiger charge is -2.36. The molecule has 1 aliphatic carbocycles. The zero-order valence-corrected chi connectivity index (χ0v) is 10.8. The Balaban J connectivity index is 1.93. The van der Waals surface area contributed by atoms with Gasteiger partial charge in [0.1, 0.15) is 0 Å². The monoisotopic (exact) mass is 253 g/mol. The van der Waals surface area contributed by atoms with Crippen molar-refractivity contribution >= 4 is 17.3 Å². The van der Waals surface area contributed by atoms with Gasteiger partial charge in [-0.05, 0) is 37.1 Å². The summed E-state index contributed by atoms with van der Waals surface area (Å²) in [6, 6.07) is 7.74. The van der Waals surface area contributed by atoms with Crippen molar-refractivity contribution in [3.63, 3.8) is 0 Å². The fourth-order valence-electron chi connectivity index (χ4n) is 2.55. The molecule has 0 atom stereocenters. The van der Waals surface area contributed by atoms with Crippen LogP contribution in [0.2, 0.25) is 5.02 Å². The molecule has 1 saturated carbocycles. The minimum Gasteiger partial charge on any atom is -0.396 e. The van der Waals surface area contributed by atoms with E-state index in [9.17, 15) is 5.11 Å². The molecule has 2 nitrogen and oxygen atoms in total. The molecule has 1 aromatic rings. The van der Waals surface area contributed by atoms with E-state index in [0.717, 1.165) is 30.1 Å². The van der Waals surface area contributed by atoms with E-state index in [0.29, 0.717) is 0 Å². The second kappa shape index (κ2) is 5.74. The van der Waals surface area contributed by atoms with E-state index in [1.54, 1.807) is 0 Å². The molecule has 1 fully saturated rings. The minimum atomic E-state index is 0.0812. The Bertz CT molecular complexity index is 344. The van der Waals surface area contributed by atoms with Crippen molar-refractivity contribution < 1.29 is 5.11 Å². The first kappa shape index (κ1) is 12.7. The Kier molecular flexibility index (Phi) is 4.30. The van der Waals surface area contributed by atoms with Crippen LogP contribution in [0.1, 0.15) is 32.1 Å². The summed E-state index contributed by atoms with van der Waals surface area (Å²) in [5.41, 5.74) is 1.16. The molecule has 0 bridgehead atoms. The maximum absolute atomic E-state index is 9.60. The van der Waals surface area contributed by atoms with Crippen LogP contribution in [0.15, 0.2) is 24.3 Å². The van der Waals surface area contributed by atoms with Gasteiger partial charge in [-0.15, -0.1) is 0 Å². The molecule has 2 N–H and O–H groups in total. The van der Waals surface area contributed by atoms with Crippen LogP contribution in [-0.2, 0) is 0 Å². The molecule has 0 aliphatic heterocycles. The fourth-order valence-corrected chi connectivity index (χ4v) is 2.68. The van der Waals surface area contributed by atoms with Crippen molar-refractivity contribution in [3.05, 3.63) is 29.3 Å². The molecule has 0 aromatic heterocycles. The van der Waals surface area contributed by atoms with Crippen molar-refractivity contribution in [2.45, 2.75) is 32.1 Å². The number of hydrogen-bond acceptors (Lipinski definition) is 2. The van der Waals surface area contributed by atoms with Crippen molar-refractivity contribution in [1.29, 1.82) is 0 Å². The molecular formula is C14H20ClNO. The fraction of sp³-hybridized carbons (Fsp3) is 0.571. The molecule has 0 saturated heterocycles. The van der Waals surface area contributed by atoms with Gasteiger partial charge in [0.15, 0.2) is 0 Å². The quantitative estimate of drug-likeness (QED) is 0.858. The maximum Gasteiger partial charge on any atom is 0.0504 e. The molecule has 17 heavy (non-hydrogen) atoms. The zero-order chi connectivity index (χ0) is 12.1. The Labute approximate surface area is 108 Å². The predicted octanol–water partition coefficient (Wildman–Crippen LogP) is 3.69. The summed E-state index contributed by atoms with van der Waals surface area (Å²) in [5, 5.41) is 13.8. The van der Waals surface area contributed by atoms with E-state index in [1.165, 1.54) is 19.3 Å². The average Bonchev–Trinajstić information content (AvgIpc) is 2.39. The number of anilines is 1. The van der Waals surface area contributed by atoms with Gasteiger partial charge in [0.05, 0.1) is 6.61 Å². The molecule has 94 valence electrons. The molecule has 1 aliphatic rings. The number of rotatable bonds is 4. The Hall–Kier alpha value is -0.730. The lowest BCUT2D eigenvalue weighted by molar-refractivity contribution is 0.0944. The van der Waals surface area contributed by atoms with Crippen LogP contribution >= 0.6 is 11.6 Å². The minimum absolute atomic E-state index is 0.0812. The first-order chi connectivity index (χ1) is 8.24. The molecule has 0 heterocycles. The first-order valence-electron chi connectivity index (χ1n) is 6.34. The van der Waals surface area contributed by atoms with Crippen LogP contribution in [-0.4, -0.2) is 18.3 Å². The Morgan fingerprint density at radius 3 is 2.35 bits per heavy atom. The predicted molar refractivity (Wildman–Crippen MR) is 72.5 cm³/mol. The Morgan fingerprint density at radius 2 is 1.76 bits per heavy atom. The molecule has 0 radical (unpaired) electrons. The highest BCUT2D eigenvalue weighted by atomic mass is 35.5. The van der Waals surface area contributed by atoms with E-state index in [-0.39, 0.29) is 12.0 Å². The molecule has 3 heteroatoms. The van der Waals surface area contributed by atoms with Crippen molar-refractivity contribution in [1.82, 2.24) is 0 Å². The van der Waals surface area contributed by atoms with Crippen LogP contribution in [0, 0.1) is 5.41 Å². The molecule has 0 unspecified atom stereocenters. The van der Waals surface area contributed by atoms with Gasteiger partial charge in [0, 0.05) is 22.7 Å². The second-order valence-electron chi connectivity index (χ2n) is 5.08. The van der Waals surface area contributed by atoms with Crippen LogP contribution in [0.25, 0.3) is 0 Å². The number of aliphatic hydroxyl groups excluding tert-OH is 1. The summed E-state index contributed by atoms with van der Waals surface area (Å²) < 4.78 is 0. The molecule has 0 amide bonds. The topological polar surface area (TPSA) is 32.3 Å². The largest absolute Gasteiger partial charge is 0.396 e. The van der Waals surface area contributed by atoms with Gasteiger partial charge in [0.25, 0.3) is 0 Å². The summed E-state index contributed by atoms with van der Waals surface area (Å²) in [6.07, 6.45) is 6.04. The van der Waals surface area contributed by atoms with Crippen LogP contribution in [0.3, 0.4) is 0 Å². The third-order valence-corrected chi connectivity index (χ3v) is 4.01. The smallest absolute Gasteiger partial charge is 0.0504 e. The normalized spacial score (nSPS) is 18.9. The van der Waals surface area contributed by atoms with Gasteiger partial charge in [-0.3, -0.25) is 0 Å². The number of halogens is 1. The number of benzene rings is 1. The second-order valence-corrected chi connectivity index (χ2v) is 5.52. The van der Waals surface area contributed by atoms with E-state index in [4.69, 9.17) is 11.6 Å². The summed E-state index contributed by atoms with van der Waals surface area (Å²) in [5.74, 6) is 0.